The summed E-state index contributed by atoms with van der Waals surface area (Å²) in [6, 6.07) is 8.32. The maximum absolute atomic E-state index is 14.1. The lowest BCUT2D eigenvalue weighted by molar-refractivity contribution is 0.166. The molecule has 0 bridgehead atoms. The van der Waals surface area contributed by atoms with Gasteiger partial charge in [-0.2, -0.15) is 4.72 Å². The van der Waals surface area contributed by atoms with Gasteiger partial charge in [-0.3, -0.25) is 0 Å². The standard InChI is InChI=1S/C17H20FN3O2S2/c18-14-4-1-5-15-16(14)19-17(20-25(15,22)23)7-10-21(11-8-17)9-6-13-3-2-12-24-13/h1-5,12,19-20H,6-11H2. The van der Waals surface area contributed by atoms with Gasteiger partial charge in [0.2, 0.25) is 10.0 Å². The van der Waals surface area contributed by atoms with Crippen molar-refractivity contribution in [3.63, 3.8) is 0 Å². The lowest BCUT2D eigenvalue weighted by Gasteiger charge is -2.45. The summed E-state index contributed by atoms with van der Waals surface area (Å²) < 4.78 is 42.0. The summed E-state index contributed by atoms with van der Waals surface area (Å²) in [4.78, 5) is 3.67. The molecule has 134 valence electrons. The van der Waals surface area contributed by atoms with Crippen LogP contribution in [0.15, 0.2) is 40.6 Å². The van der Waals surface area contributed by atoms with E-state index >= 15 is 0 Å². The van der Waals surface area contributed by atoms with Crippen molar-refractivity contribution in [2.24, 2.45) is 0 Å². The molecule has 0 unspecified atom stereocenters. The Hall–Kier alpha value is -1.48. The number of nitrogens with zero attached hydrogens (tertiary/aromatic N) is 1. The molecule has 1 aromatic heterocycles. The number of nitrogens with one attached hydrogen (secondary N) is 2. The van der Waals surface area contributed by atoms with Crippen molar-refractivity contribution >= 4 is 27.0 Å². The molecule has 4 rings (SSSR count). The first kappa shape index (κ1) is 17.0. The third kappa shape index (κ3) is 3.31. The van der Waals surface area contributed by atoms with Gasteiger partial charge in [0.25, 0.3) is 0 Å². The maximum atomic E-state index is 14.1. The topological polar surface area (TPSA) is 61.4 Å². The number of piperidine rings is 1. The quantitative estimate of drug-likeness (QED) is 0.858. The number of hydrogen-bond acceptors (Lipinski definition) is 5. The van der Waals surface area contributed by atoms with Crippen LogP contribution in [0.4, 0.5) is 10.1 Å². The van der Waals surface area contributed by atoms with Crippen molar-refractivity contribution in [2.75, 3.05) is 25.0 Å². The second-order valence-electron chi connectivity index (χ2n) is 6.60. The monoisotopic (exact) mass is 381 g/mol. The van der Waals surface area contributed by atoms with Crippen LogP contribution in [-0.2, 0) is 16.4 Å². The van der Waals surface area contributed by atoms with Gasteiger partial charge in [0.15, 0.2) is 0 Å². The van der Waals surface area contributed by atoms with E-state index in [1.54, 1.807) is 11.3 Å². The minimum atomic E-state index is -3.71. The van der Waals surface area contributed by atoms with E-state index in [0.717, 1.165) is 26.1 Å². The van der Waals surface area contributed by atoms with Crippen molar-refractivity contribution in [3.8, 4) is 0 Å². The number of thiophene rings is 1. The van der Waals surface area contributed by atoms with Crippen molar-refractivity contribution < 1.29 is 12.8 Å². The molecule has 0 radical (unpaired) electrons. The SMILES string of the molecule is O=S1(=O)NC2(CCN(CCc3cccs3)CC2)Nc2c(F)cccc21. The molecule has 2 aliphatic heterocycles. The van der Waals surface area contributed by atoms with Gasteiger partial charge in [-0.15, -0.1) is 11.3 Å². The first-order valence-electron chi connectivity index (χ1n) is 8.33. The molecule has 1 saturated heterocycles. The zero-order chi connectivity index (χ0) is 17.5. The van der Waals surface area contributed by atoms with Crippen LogP contribution in [0, 0.1) is 5.82 Å². The highest BCUT2D eigenvalue weighted by molar-refractivity contribution is 7.89. The molecule has 0 atom stereocenters. The molecule has 2 aromatic rings. The second kappa shape index (κ2) is 6.35. The molecule has 1 fully saturated rings. The van der Waals surface area contributed by atoms with E-state index in [9.17, 15) is 12.8 Å². The number of anilines is 1. The highest BCUT2D eigenvalue weighted by atomic mass is 32.2. The lowest BCUT2D eigenvalue weighted by Crippen LogP contribution is -2.62. The van der Waals surface area contributed by atoms with Gasteiger partial charge in [-0.05, 0) is 42.8 Å². The van der Waals surface area contributed by atoms with Gasteiger partial charge >= 0.3 is 0 Å². The highest BCUT2D eigenvalue weighted by Crippen LogP contribution is 2.36. The van der Waals surface area contributed by atoms with Crippen LogP contribution in [0.25, 0.3) is 0 Å². The summed E-state index contributed by atoms with van der Waals surface area (Å²) in [5.41, 5.74) is -0.707. The van der Waals surface area contributed by atoms with Crippen LogP contribution in [0.3, 0.4) is 0 Å². The van der Waals surface area contributed by atoms with Gasteiger partial charge in [0.05, 0.1) is 5.69 Å². The molecule has 0 aliphatic carbocycles. The predicted octanol–water partition coefficient (Wildman–Crippen LogP) is 2.63. The van der Waals surface area contributed by atoms with Crippen LogP contribution in [0.1, 0.15) is 17.7 Å². The summed E-state index contributed by atoms with van der Waals surface area (Å²) >= 11 is 1.75. The van der Waals surface area contributed by atoms with Crippen LogP contribution in [0.5, 0.6) is 0 Å². The number of fused-ring (bicyclic) bond motifs is 1. The minimum absolute atomic E-state index is 0.0155. The Morgan fingerprint density at radius 3 is 2.72 bits per heavy atom. The molecule has 1 aromatic carbocycles. The first-order valence-corrected chi connectivity index (χ1v) is 10.7. The van der Waals surface area contributed by atoms with Crippen LogP contribution in [0.2, 0.25) is 0 Å². The fourth-order valence-corrected chi connectivity index (χ4v) is 5.79. The van der Waals surface area contributed by atoms with Gasteiger partial charge in [0.1, 0.15) is 16.4 Å². The third-order valence-corrected chi connectivity index (χ3v) is 7.44. The minimum Gasteiger partial charge on any atom is -0.363 e. The molecule has 2 N–H and O–H groups in total. The number of para-hydroxylation sites is 1. The first-order chi connectivity index (χ1) is 12.0. The van der Waals surface area contributed by atoms with Gasteiger partial charge in [0, 0.05) is 24.5 Å². The Kier molecular flexibility index (Phi) is 4.31. The third-order valence-electron chi connectivity index (χ3n) is 4.92. The molecular formula is C17H20FN3O2S2. The van der Waals surface area contributed by atoms with E-state index in [1.165, 1.54) is 23.1 Å². The van der Waals surface area contributed by atoms with E-state index in [1.807, 2.05) is 0 Å². The summed E-state index contributed by atoms with van der Waals surface area (Å²) in [5.74, 6) is -0.526. The fourth-order valence-electron chi connectivity index (χ4n) is 3.54. The summed E-state index contributed by atoms with van der Waals surface area (Å²) in [6.45, 7) is 2.49. The zero-order valence-corrected chi connectivity index (χ0v) is 15.3. The summed E-state index contributed by atoms with van der Waals surface area (Å²) in [6.07, 6.45) is 2.20. The molecule has 1 spiro atoms. The van der Waals surface area contributed by atoms with E-state index < -0.39 is 21.5 Å². The van der Waals surface area contributed by atoms with E-state index in [2.05, 4.69) is 32.5 Å². The molecule has 0 amide bonds. The van der Waals surface area contributed by atoms with Crippen LogP contribution < -0.4 is 10.0 Å². The molecule has 8 heteroatoms. The Morgan fingerprint density at radius 2 is 2.00 bits per heavy atom. The van der Waals surface area contributed by atoms with Crippen molar-refractivity contribution in [3.05, 3.63) is 46.4 Å². The maximum Gasteiger partial charge on any atom is 0.244 e. The normalized spacial score (nSPS) is 21.6. The number of likely N-dealkylation sites (tertiary alicyclic amines) is 1. The average Bonchev–Trinajstić information content (AvgIpc) is 3.09. The fraction of sp³-hybridized carbons (Fsp3) is 0.412. The Labute approximate surface area is 150 Å². The Balaban J connectivity index is 1.47. The van der Waals surface area contributed by atoms with Crippen molar-refractivity contribution in [2.45, 2.75) is 29.8 Å². The van der Waals surface area contributed by atoms with Crippen LogP contribution >= 0.6 is 11.3 Å². The number of sulfonamides is 1. The molecular weight excluding hydrogens is 361 g/mol. The second-order valence-corrected chi connectivity index (χ2v) is 9.28. The lowest BCUT2D eigenvalue weighted by atomic mass is 9.97. The smallest absolute Gasteiger partial charge is 0.244 e. The Morgan fingerprint density at radius 1 is 1.20 bits per heavy atom. The predicted molar refractivity (Wildman–Crippen MR) is 96.8 cm³/mol. The number of benzene rings is 1. The van der Waals surface area contributed by atoms with Crippen molar-refractivity contribution in [1.29, 1.82) is 0 Å². The van der Waals surface area contributed by atoms with Gasteiger partial charge < -0.3 is 10.2 Å². The van der Waals surface area contributed by atoms with Gasteiger partial charge in [-0.25, -0.2) is 12.8 Å². The van der Waals surface area contributed by atoms with E-state index in [-0.39, 0.29) is 10.6 Å². The molecule has 2 aliphatic rings. The van der Waals surface area contributed by atoms with Gasteiger partial charge in [-0.1, -0.05) is 12.1 Å². The summed E-state index contributed by atoms with van der Waals surface area (Å²) in [7, 11) is -3.71. The van der Waals surface area contributed by atoms with E-state index in [0.29, 0.717) is 12.8 Å². The zero-order valence-electron chi connectivity index (χ0n) is 13.7. The van der Waals surface area contributed by atoms with Crippen LogP contribution in [-0.4, -0.2) is 38.6 Å². The Bertz CT molecular complexity index is 860. The molecule has 0 saturated carbocycles. The van der Waals surface area contributed by atoms with Crippen molar-refractivity contribution in [1.82, 2.24) is 9.62 Å². The molecule has 3 heterocycles. The average molecular weight is 381 g/mol. The summed E-state index contributed by atoms with van der Waals surface area (Å²) in [5, 5.41) is 5.21. The number of hydrogen-bond donors (Lipinski definition) is 2. The largest absolute Gasteiger partial charge is 0.363 e. The highest BCUT2D eigenvalue weighted by Gasteiger charge is 2.43. The number of rotatable bonds is 3. The molecule has 25 heavy (non-hydrogen) atoms. The van der Waals surface area contributed by atoms with E-state index in [4.69, 9.17) is 0 Å². The molecule has 5 nitrogen and oxygen atoms in total. The number of halogens is 1.